The zero-order chi connectivity index (χ0) is 25.4. The summed E-state index contributed by atoms with van der Waals surface area (Å²) in [5.74, 6) is 0.0903. The van der Waals surface area contributed by atoms with Crippen LogP contribution in [-0.4, -0.2) is 26.7 Å². The summed E-state index contributed by atoms with van der Waals surface area (Å²) in [6.07, 6.45) is 0. The maximum atomic E-state index is 13.9. The van der Waals surface area contributed by atoms with Crippen molar-refractivity contribution in [1.29, 1.82) is 0 Å². The van der Waals surface area contributed by atoms with E-state index in [1.807, 2.05) is 99.6 Å². The fraction of sp³-hybridized carbons (Fsp3) is 0.172. The van der Waals surface area contributed by atoms with Crippen molar-refractivity contribution in [2.75, 3.05) is 7.11 Å². The van der Waals surface area contributed by atoms with Crippen LogP contribution in [0.1, 0.15) is 39.6 Å². The Bertz CT molecular complexity index is 1540. The van der Waals surface area contributed by atoms with E-state index in [0.717, 1.165) is 22.5 Å². The Morgan fingerprint density at radius 3 is 1.61 bits per heavy atom. The number of para-hydroxylation sites is 2. The van der Waals surface area contributed by atoms with E-state index < -0.39 is 5.92 Å². The maximum absolute atomic E-state index is 13.9. The number of hydrogen-bond donors (Lipinski definition) is 2. The van der Waals surface area contributed by atoms with Crippen molar-refractivity contribution >= 4 is 0 Å². The van der Waals surface area contributed by atoms with Crippen molar-refractivity contribution in [3.63, 3.8) is 0 Å². The summed E-state index contributed by atoms with van der Waals surface area (Å²) in [6, 6.07) is 24.7. The molecule has 0 spiro atoms. The summed E-state index contributed by atoms with van der Waals surface area (Å²) in [4.78, 5) is 27.8. The lowest BCUT2D eigenvalue weighted by atomic mass is 9.85. The van der Waals surface area contributed by atoms with E-state index in [0.29, 0.717) is 28.3 Å². The second-order valence-electron chi connectivity index (χ2n) is 8.92. The van der Waals surface area contributed by atoms with Crippen LogP contribution in [0.3, 0.4) is 0 Å². The third-order valence-corrected chi connectivity index (χ3v) is 6.61. The highest BCUT2D eigenvalue weighted by atomic mass is 16.5. The molecule has 0 bridgehead atoms. The van der Waals surface area contributed by atoms with Gasteiger partial charge in [-0.3, -0.25) is 19.8 Å². The standard InChI is InChI=1S/C29H28N4O3/c1-18-15-16-21(17-24(18)36-4)27(25-19(2)30-32(28(25)34)22-11-7-5-8-12-22)26-20(3)31-33(29(26)35)23-13-9-6-10-14-23/h5-17,27,30-31H,1-4H3. The molecule has 3 aromatic carbocycles. The lowest BCUT2D eigenvalue weighted by Crippen LogP contribution is -2.25. The molecule has 0 aliphatic rings. The van der Waals surface area contributed by atoms with Crippen LogP contribution in [0.5, 0.6) is 5.75 Å². The van der Waals surface area contributed by atoms with Crippen molar-refractivity contribution in [3.8, 4) is 17.1 Å². The number of aryl methyl sites for hydroxylation is 3. The Kier molecular flexibility index (Phi) is 5.98. The number of aromatic nitrogens is 4. The quantitative estimate of drug-likeness (QED) is 0.368. The van der Waals surface area contributed by atoms with Crippen molar-refractivity contribution in [2.24, 2.45) is 0 Å². The van der Waals surface area contributed by atoms with Crippen molar-refractivity contribution < 1.29 is 4.74 Å². The first kappa shape index (κ1) is 23.2. The maximum Gasteiger partial charge on any atom is 0.275 e. The molecule has 5 rings (SSSR count). The molecular weight excluding hydrogens is 452 g/mol. The topological polar surface area (TPSA) is 84.8 Å². The Balaban J connectivity index is 1.79. The molecule has 0 unspecified atom stereocenters. The van der Waals surface area contributed by atoms with Crippen LogP contribution in [0, 0.1) is 20.8 Å². The number of hydrogen-bond acceptors (Lipinski definition) is 3. The number of rotatable bonds is 6. The normalized spacial score (nSPS) is 11.2. The molecule has 0 radical (unpaired) electrons. The monoisotopic (exact) mass is 480 g/mol. The average Bonchev–Trinajstić information content (AvgIpc) is 3.36. The van der Waals surface area contributed by atoms with Gasteiger partial charge in [0, 0.05) is 17.3 Å². The van der Waals surface area contributed by atoms with Crippen molar-refractivity contribution in [3.05, 3.63) is 133 Å². The molecule has 0 atom stereocenters. The van der Waals surface area contributed by atoms with Gasteiger partial charge in [0.15, 0.2) is 0 Å². The lowest BCUT2D eigenvalue weighted by molar-refractivity contribution is 0.411. The van der Waals surface area contributed by atoms with Crippen LogP contribution >= 0.6 is 0 Å². The molecule has 0 aliphatic carbocycles. The minimum Gasteiger partial charge on any atom is -0.496 e. The molecule has 2 N–H and O–H groups in total. The molecule has 0 saturated carbocycles. The number of aromatic amines is 2. The van der Waals surface area contributed by atoms with E-state index in [1.54, 1.807) is 7.11 Å². The molecule has 2 heterocycles. The van der Waals surface area contributed by atoms with Crippen LogP contribution in [-0.2, 0) is 0 Å². The van der Waals surface area contributed by atoms with Gasteiger partial charge in [0.05, 0.1) is 29.6 Å². The predicted octanol–water partition coefficient (Wildman–Crippen LogP) is 4.76. The molecular formula is C29H28N4O3. The third-order valence-electron chi connectivity index (χ3n) is 6.61. The molecule has 7 nitrogen and oxygen atoms in total. The van der Waals surface area contributed by atoms with Gasteiger partial charge in [0.2, 0.25) is 0 Å². The zero-order valence-electron chi connectivity index (χ0n) is 20.7. The number of benzene rings is 3. The Labute approximate surface area is 208 Å². The van der Waals surface area contributed by atoms with Crippen LogP contribution in [0.2, 0.25) is 0 Å². The summed E-state index contributed by atoms with van der Waals surface area (Å²) < 4.78 is 8.65. The molecule has 2 aromatic heterocycles. The highest BCUT2D eigenvalue weighted by Crippen LogP contribution is 2.34. The number of nitrogens with zero attached hydrogens (tertiary/aromatic N) is 2. The number of nitrogens with one attached hydrogen (secondary N) is 2. The van der Waals surface area contributed by atoms with Gasteiger partial charge in [-0.05, 0) is 62.2 Å². The van der Waals surface area contributed by atoms with Gasteiger partial charge in [-0.1, -0.05) is 48.5 Å². The first-order valence-corrected chi connectivity index (χ1v) is 11.8. The minimum absolute atomic E-state index is 0.200. The lowest BCUT2D eigenvalue weighted by Gasteiger charge is -2.17. The van der Waals surface area contributed by atoms with E-state index in [2.05, 4.69) is 10.2 Å². The fourth-order valence-electron chi connectivity index (χ4n) is 4.81. The van der Waals surface area contributed by atoms with Gasteiger partial charge >= 0.3 is 0 Å². The smallest absolute Gasteiger partial charge is 0.275 e. The second-order valence-corrected chi connectivity index (χ2v) is 8.92. The predicted molar refractivity (Wildman–Crippen MR) is 141 cm³/mol. The number of ether oxygens (including phenoxy) is 1. The minimum atomic E-state index is -0.609. The van der Waals surface area contributed by atoms with Crippen LogP contribution < -0.4 is 15.9 Å². The van der Waals surface area contributed by atoms with Gasteiger partial charge in [-0.2, -0.15) is 0 Å². The third kappa shape index (κ3) is 3.88. The zero-order valence-corrected chi connectivity index (χ0v) is 20.7. The van der Waals surface area contributed by atoms with E-state index in [9.17, 15) is 9.59 Å². The van der Waals surface area contributed by atoms with Crippen LogP contribution in [0.15, 0.2) is 88.5 Å². The number of H-pyrrole nitrogens is 2. The summed E-state index contributed by atoms with van der Waals surface area (Å²) in [5.41, 5.74) is 5.25. The van der Waals surface area contributed by atoms with Gasteiger partial charge in [0.25, 0.3) is 11.1 Å². The molecule has 0 saturated heterocycles. The highest BCUT2D eigenvalue weighted by Gasteiger charge is 2.31. The van der Waals surface area contributed by atoms with Crippen LogP contribution in [0.25, 0.3) is 11.4 Å². The first-order valence-electron chi connectivity index (χ1n) is 11.8. The molecule has 0 aliphatic heterocycles. The van der Waals surface area contributed by atoms with E-state index in [-0.39, 0.29) is 11.1 Å². The summed E-state index contributed by atoms with van der Waals surface area (Å²) in [6.45, 7) is 5.70. The second kappa shape index (κ2) is 9.26. The molecule has 0 amide bonds. The highest BCUT2D eigenvalue weighted by molar-refractivity contribution is 5.50. The van der Waals surface area contributed by atoms with Crippen LogP contribution in [0.4, 0.5) is 0 Å². The van der Waals surface area contributed by atoms with Gasteiger partial charge in [0.1, 0.15) is 5.75 Å². The van der Waals surface area contributed by atoms with Crippen molar-refractivity contribution in [1.82, 2.24) is 19.6 Å². The summed E-state index contributed by atoms with van der Waals surface area (Å²) in [7, 11) is 1.62. The van der Waals surface area contributed by atoms with Gasteiger partial charge < -0.3 is 4.74 Å². The molecule has 0 fully saturated rings. The Morgan fingerprint density at radius 2 is 1.17 bits per heavy atom. The molecule has 182 valence electrons. The average molecular weight is 481 g/mol. The largest absolute Gasteiger partial charge is 0.496 e. The fourth-order valence-corrected chi connectivity index (χ4v) is 4.81. The Morgan fingerprint density at radius 1 is 0.694 bits per heavy atom. The Hall–Kier alpha value is -4.52. The summed E-state index contributed by atoms with van der Waals surface area (Å²) in [5, 5.41) is 6.44. The van der Waals surface area contributed by atoms with Gasteiger partial charge in [-0.15, -0.1) is 0 Å². The SMILES string of the molecule is COc1cc(C(c2c(C)[nH]n(-c3ccccc3)c2=O)c2c(C)[nH]n(-c3ccccc3)c2=O)ccc1C. The molecule has 5 aromatic rings. The molecule has 36 heavy (non-hydrogen) atoms. The van der Waals surface area contributed by atoms with Gasteiger partial charge in [-0.25, -0.2) is 9.36 Å². The first-order chi connectivity index (χ1) is 17.4. The summed E-state index contributed by atoms with van der Waals surface area (Å²) >= 11 is 0. The van der Waals surface area contributed by atoms with E-state index in [1.165, 1.54) is 9.36 Å². The molecule has 7 heteroatoms. The number of methoxy groups -OCH3 is 1. The van der Waals surface area contributed by atoms with Crippen molar-refractivity contribution in [2.45, 2.75) is 26.7 Å². The van der Waals surface area contributed by atoms with E-state index >= 15 is 0 Å². The van der Waals surface area contributed by atoms with E-state index in [4.69, 9.17) is 4.74 Å².